The van der Waals surface area contributed by atoms with Crippen LogP contribution in [0.3, 0.4) is 0 Å². The molecule has 2 saturated heterocycles. The van der Waals surface area contributed by atoms with Crippen molar-refractivity contribution in [2.75, 3.05) is 47.8 Å². The highest BCUT2D eigenvalue weighted by atomic mass is 16.2. The summed E-state index contributed by atoms with van der Waals surface area (Å²) in [6, 6.07) is 7.27. The molecule has 2 aromatic heterocycles. The van der Waals surface area contributed by atoms with Crippen LogP contribution in [0.5, 0.6) is 0 Å². The predicted molar refractivity (Wildman–Crippen MR) is 112 cm³/mol. The Kier molecular flexibility index (Phi) is 5.59. The summed E-state index contributed by atoms with van der Waals surface area (Å²) < 4.78 is 0. The highest BCUT2D eigenvalue weighted by Crippen LogP contribution is 2.25. The highest BCUT2D eigenvalue weighted by molar-refractivity contribution is 6.05. The zero-order valence-electron chi connectivity index (χ0n) is 16.6. The van der Waals surface area contributed by atoms with Crippen LogP contribution in [0.25, 0.3) is 0 Å². The quantitative estimate of drug-likeness (QED) is 0.823. The number of nitrogens with one attached hydrogen (secondary N) is 2. The van der Waals surface area contributed by atoms with Gasteiger partial charge in [0.15, 0.2) is 5.82 Å². The number of nitrogens with zero attached hydrogens (tertiary/aromatic N) is 4. The number of amides is 2. The van der Waals surface area contributed by atoms with Gasteiger partial charge in [0, 0.05) is 38.6 Å². The van der Waals surface area contributed by atoms with Gasteiger partial charge in [0.05, 0.1) is 17.8 Å². The highest BCUT2D eigenvalue weighted by Gasteiger charge is 2.21. The number of piperazine rings is 1. The van der Waals surface area contributed by atoms with Gasteiger partial charge in [0.1, 0.15) is 5.82 Å². The largest absolute Gasteiger partial charge is 0.357 e. The minimum absolute atomic E-state index is 0.0499. The number of hydrogen-bond acceptors (Lipinski definition) is 6. The molecule has 0 bridgehead atoms. The van der Waals surface area contributed by atoms with Gasteiger partial charge in [-0.15, -0.1) is 0 Å². The first kappa shape index (κ1) is 19.2. The van der Waals surface area contributed by atoms with E-state index in [4.69, 9.17) is 0 Å². The van der Waals surface area contributed by atoms with Gasteiger partial charge in [0.25, 0.3) is 5.91 Å². The molecule has 0 unspecified atom stereocenters. The van der Waals surface area contributed by atoms with E-state index in [-0.39, 0.29) is 18.4 Å². The van der Waals surface area contributed by atoms with E-state index in [1.165, 1.54) is 12.8 Å². The molecule has 2 N–H and O–H groups in total. The molecule has 0 spiro atoms. The first-order valence-electron chi connectivity index (χ1n) is 10.1. The Bertz CT molecular complexity index is 877. The lowest BCUT2D eigenvalue weighted by Crippen LogP contribution is -2.48. The van der Waals surface area contributed by atoms with Crippen molar-refractivity contribution < 1.29 is 9.59 Å². The summed E-state index contributed by atoms with van der Waals surface area (Å²) >= 11 is 0. The third-order valence-corrected chi connectivity index (χ3v) is 5.49. The molecule has 2 amide bonds. The molecule has 2 aliphatic rings. The molecule has 4 heterocycles. The fourth-order valence-corrected chi connectivity index (χ4v) is 3.71. The molecule has 2 aliphatic heterocycles. The lowest BCUT2D eigenvalue weighted by atomic mass is 9.99. The van der Waals surface area contributed by atoms with Crippen molar-refractivity contribution >= 4 is 29.1 Å². The third kappa shape index (κ3) is 4.47. The maximum atomic E-state index is 12.8. The maximum absolute atomic E-state index is 12.8. The molecule has 152 valence electrons. The van der Waals surface area contributed by atoms with Crippen LogP contribution in [0.1, 0.15) is 30.1 Å². The second-order valence-corrected chi connectivity index (χ2v) is 7.67. The minimum Gasteiger partial charge on any atom is -0.357 e. The summed E-state index contributed by atoms with van der Waals surface area (Å²) in [6.45, 7) is 5.72. The molecule has 2 fully saturated rings. The molecule has 4 rings (SSSR count). The monoisotopic (exact) mass is 394 g/mol. The van der Waals surface area contributed by atoms with E-state index in [1.807, 2.05) is 11.0 Å². The molecule has 0 aliphatic carbocycles. The van der Waals surface area contributed by atoms with E-state index >= 15 is 0 Å². The molecule has 8 heteroatoms. The second-order valence-electron chi connectivity index (χ2n) is 7.67. The Morgan fingerprint density at radius 3 is 2.69 bits per heavy atom. The maximum Gasteiger partial charge on any atom is 0.257 e. The average Bonchev–Trinajstić information content (AvgIpc) is 2.75. The molecular weight excluding hydrogens is 368 g/mol. The summed E-state index contributed by atoms with van der Waals surface area (Å²) in [5.41, 5.74) is 1.08. The summed E-state index contributed by atoms with van der Waals surface area (Å²) in [5, 5.41) is 5.71. The van der Waals surface area contributed by atoms with Gasteiger partial charge in [-0.3, -0.25) is 9.59 Å². The van der Waals surface area contributed by atoms with Gasteiger partial charge in [-0.1, -0.05) is 6.92 Å². The Morgan fingerprint density at radius 2 is 1.97 bits per heavy atom. The zero-order valence-corrected chi connectivity index (χ0v) is 16.6. The van der Waals surface area contributed by atoms with E-state index in [2.05, 4.69) is 32.4 Å². The van der Waals surface area contributed by atoms with Crippen LogP contribution in [0.4, 0.5) is 17.3 Å². The molecule has 0 aromatic carbocycles. The first-order valence-corrected chi connectivity index (χ1v) is 10.1. The molecule has 8 nitrogen and oxygen atoms in total. The van der Waals surface area contributed by atoms with E-state index in [9.17, 15) is 9.59 Å². The van der Waals surface area contributed by atoms with Crippen LogP contribution in [0, 0.1) is 5.92 Å². The van der Waals surface area contributed by atoms with Crippen molar-refractivity contribution in [3.63, 3.8) is 0 Å². The number of pyridine rings is 2. The van der Waals surface area contributed by atoms with Crippen LogP contribution in [-0.4, -0.2) is 54.5 Å². The number of anilines is 3. The summed E-state index contributed by atoms with van der Waals surface area (Å²) in [7, 11) is 0. The summed E-state index contributed by atoms with van der Waals surface area (Å²) in [6.07, 6.45) is 5.62. The lowest BCUT2D eigenvalue weighted by Gasteiger charge is -2.31. The van der Waals surface area contributed by atoms with Crippen LogP contribution < -0.4 is 20.4 Å². The van der Waals surface area contributed by atoms with Crippen LogP contribution in [-0.2, 0) is 4.79 Å². The van der Waals surface area contributed by atoms with Crippen molar-refractivity contribution in [3.8, 4) is 0 Å². The number of carbonyl (C=O) groups is 2. The topological polar surface area (TPSA) is 90.5 Å². The van der Waals surface area contributed by atoms with Crippen LogP contribution in [0.15, 0.2) is 36.7 Å². The van der Waals surface area contributed by atoms with Gasteiger partial charge >= 0.3 is 0 Å². The standard InChI is InChI=1S/C21H26N6O2/c1-15-6-10-26(11-7-15)18-5-4-16(13-24-18)21(29)25-17-3-2-8-23-20(17)27-12-9-22-19(28)14-27/h2-5,8,13,15H,6-7,9-12,14H2,1H3,(H,22,28)(H,25,29). The van der Waals surface area contributed by atoms with Gasteiger partial charge in [-0.2, -0.15) is 0 Å². The van der Waals surface area contributed by atoms with Crippen molar-refractivity contribution in [2.45, 2.75) is 19.8 Å². The SMILES string of the molecule is CC1CCN(c2ccc(C(=O)Nc3cccnc3N3CCNC(=O)C3)cn2)CC1. The minimum atomic E-state index is -0.243. The van der Waals surface area contributed by atoms with Gasteiger partial charge in [0.2, 0.25) is 5.91 Å². The summed E-state index contributed by atoms with van der Waals surface area (Å²) in [4.78, 5) is 37.5. The smallest absolute Gasteiger partial charge is 0.257 e. The third-order valence-electron chi connectivity index (χ3n) is 5.49. The van der Waals surface area contributed by atoms with E-state index in [0.29, 0.717) is 30.2 Å². The van der Waals surface area contributed by atoms with Crippen LogP contribution in [0.2, 0.25) is 0 Å². The van der Waals surface area contributed by atoms with E-state index < -0.39 is 0 Å². The fraction of sp³-hybridized carbons (Fsp3) is 0.429. The van der Waals surface area contributed by atoms with Crippen molar-refractivity contribution in [1.29, 1.82) is 0 Å². The number of hydrogen-bond donors (Lipinski definition) is 2. The second kappa shape index (κ2) is 8.46. The number of rotatable bonds is 4. The molecular formula is C21H26N6O2. The predicted octanol–water partition coefficient (Wildman–Crippen LogP) is 1.90. The Balaban J connectivity index is 1.45. The van der Waals surface area contributed by atoms with Crippen LogP contribution >= 0.6 is 0 Å². The zero-order chi connectivity index (χ0) is 20.2. The Labute approximate surface area is 170 Å². The lowest BCUT2D eigenvalue weighted by molar-refractivity contribution is -0.120. The number of carbonyl (C=O) groups excluding carboxylic acids is 2. The van der Waals surface area contributed by atoms with Crippen molar-refractivity contribution in [2.24, 2.45) is 5.92 Å². The van der Waals surface area contributed by atoms with E-state index in [0.717, 1.165) is 24.8 Å². The van der Waals surface area contributed by atoms with Crippen molar-refractivity contribution in [1.82, 2.24) is 15.3 Å². The molecule has 0 saturated carbocycles. The Hall–Kier alpha value is -3.16. The summed E-state index contributed by atoms with van der Waals surface area (Å²) in [5.74, 6) is 1.98. The number of aromatic nitrogens is 2. The average molecular weight is 394 g/mol. The van der Waals surface area contributed by atoms with Gasteiger partial charge in [-0.25, -0.2) is 9.97 Å². The van der Waals surface area contributed by atoms with Crippen molar-refractivity contribution in [3.05, 3.63) is 42.2 Å². The van der Waals surface area contributed by atoms with Gasteiger partial charge in [-0.05, 0) is 43.0 Å². The molecule has 2 aromatic rings. The van der Waals surface area contributed by atoms with Gasteiger partial charge < -0.3 is 20.4 Å². The molecule has 29 heavy (non-hydrogen) atoms. The van der Waals surface area contributed by atoms with E-state index in [1.54, 1.807) is 30.6 Å². The first-order chi connectivity index (χ1) is 14.1. The molecule has 0 atom stereocenters. The number of piperidine rings is 1. The normalized spacial score (nSPS) is 17.8. The molecule has 0 radical (unpaired) electrons. The Morgan fingerprint density at radius 1 is 1.14 bits per heavy atom. The fourth-order valence-electron chi connectivity index (χ4n) is 3.71.